The molecule has 1 spiro atoms. The molecule has 6 aliphatic carbocycles. The number of carboxylic acid groups (broad SMARTS) is 1. The van der Waals surface area contributed by atoms with Gasteiger partial charge in [0.25, 0.3) is 0 Å². The molecule has 43 heavy (non-hydrogen) atoms. The smallest absolute Gasteiger partial charge is 0.309 e. The Bertz CT molecular complexity index is 1120. The minimum atomic E-state index is -0.898. The third kappa shape index (κ3) is 3.84. The Balaban J connectivity index is 1.34. The predicted molar refractivity (Wildman–Crippen MR) is 171 cm³/mol. The molecule has 0 aromatic carbocycles. The maximum atomic E-state index is 12.8. The number of aliphatic carboxylic acids is 1. The molecule has 2 bridgehead atoms. The van der Waals surface area contributed by atoms with Gasteiger partial charge in [-0.3, -0.25) is 4.79 Å². The molecule has 7 rings (SSSR count). The summed E-state index contributed by atoms with van der Waals surface area (Å²) < 4.78 is 6.52. The molecular formula is C39H64O4. The zero-order chi connectivity index (χ0) is 30.7. The van der Waals surface area contributed by atoms with E-state index in [9.17, 15) is 15.0 Å². The van der Waals surface area contributed by atoms with E-state index in [4.69, 9.17) is 4.74 Å². The van der Waals surface area contributed by atoms with Crippen LogP contribution in [0.25, 0.3) is 0 Å². The molecule has 1 saturated heterocycles. The molecule has 0 radical (unpaired) electrons. The standard InChI is InChI=1S/C39H64O4/c1-7-9-10-11-16-38-23-27-14-13-26-22-39(42)29(12-8-2)37(25-43-39)17-15-28(36(27,6)31(26)37)35(38,5)21-20-33(3)18-19-34(4,32(40)41)24-30(33)38/h26-31,42H,7-25H2,1-6H3,(H,40,41). The van der Waals surface area contributed by atoms with E-state index >= 15 is 0 Å². The van der Waals surface area contributed by atoms with Gasteiger partial charge in [-0.1, -0.05) is 66.7 Å². The third-order valence-corrected chi connectivity index (χ3v) is 17.3. The van der Waals surface area contributed by atoms with Gasteiger partial charge in [-0.25, -0.2) is 0 Å². The van der Waals surface area contributed by atoms with Gasteiger partial charge in [0.1, 0.15) is 0 Å². The molecule has 4 nitrogen and oxygen atoms in total. The highest BCUT2D eigenvalue weighted by Crippen LogP contribution is 2.83. The first-order chi connectivity index (χ1) is 20.3. The number of unbranched alkanes of at least 4 members (excludes halogenated alkanes) is 3. The van der Waals surface area contributed by atoms with Crippen molar-refractivity contribution in [3.8, 4) is 0 Å². The van der Waals surface area contributed by atoms with Crippen LogP contribution in [0.5, 0.6) is 0 Å². The van der Waals surface area contributed by atoms with Crippen molar-refractivity contribution >= 4 is 5.97 Å². The largest absolute Gasteiger partial charge is 0.481 e. The van der Waals surface area contributed by atoms with Crippen LogP contribution in [0.2, 0.25) is 0 Å². The van der Waals surface area contributed by atoms with E-state index in [1.165, 1.54) is 77.0 Å². The van der Waals surface area contributed by atoms with E-state index in [-0.39, 0.29) is 21.7 Å². The SMILES string of the molecule is CCCCCCC12CC3CCC4CC5(O)OCC6(CCC(C3(C)C46)C1(C)CCC1(C)CCC(C)(C(=O)O)CC12)C5CCC. The van der Waals surface area contributed by atoms with Crippen LogP contribution in [0.3, 0.4) is 0 Å². The van der Waals surface area contributed by atoms with Crippen LogP contribution in [0, 0.1) is 68.0 Å². The van der Waals surface area contributed by atoms with Gasteiger partial charge in [0.05, 0.1) is 12.0 Å². The van der Waals surface area contributed by atoms with E-state index in [0.717, 1.165) is 45.1 Å². The number of hydrogen-bond acceptors (Lipinski definition) is 3. The number of rotatable bonds is 8. The Morgan fingerprint density at radius 3 is 2.33 bits per heavy atom. The molecule has 6 saturated carbocycles. The second-order valence-corrected chi connectivity index (χ2v) is 18.7. The van der Waals surface area contributed by atoms with Crippen molar-refractivity contribution in [2.24, 2.45) is 68.0 Å². The second kappa shape index (κ2) is 9.95. The third-order valence-electron chi connectivity index (χ3n) is 17.3. The molecule has 0 amide bonds. The van der Waals surface area contributed by atoms with Crippen LogP contribution in [0.4, 0.5) is 0 Å². The highest BCUT2D eigenvalue weighted by molar-refractivity contribution is 5.74. The van der Waals surface area contributed by atoms with Crippen molar-refractivity contribution < 1.29 is 19.7 Å². The molecule has 7 fully saturated rings. The first-order valence-electron chi connectivity index (χ1n) is 18.9. The fourth-order valence-electron chi connectivity index (χ4n) is 15.4. The van der Waals surface area contributed by atoms with Crippen molar-refractivity contribution in [1.82, 2.24) is 0 Å². The summed E-state index contributed by atoms with van der Waals surface area (Å²) >= 11 is 0. The van der Waals surface area contributed by atoms with Crippen molar-refractivity contribution in [3.63, 3.8) is 0 Å². The number of carbonyl (C=O) groups is 1. The Morgan fingerprint density at radius 2 is 1.60 bits per heavy atom. The summed E-state index contributed by atoms with van der Waals surface area (Å²) in [6.45, 7) is 15.6. The van der Waals surface area contributed by atoms with E-state index in [0.29, 0.717) is 40.9 Å². The lowest BCUT2D eigenvalue weighted by Gasteiger charge is -2.79. The molecule has 4 heteroatoms. The Kier molecular flexibility index (Phi) is 7.17. The van der Waals surface area contributed by atoms with Crippen LogP contribution in [0.1, 0.15) is 157 Å². The van der Waals surface area contributed by atoms with Crippen LogP contribution in [-0.4, -0.2) is 28.6 Å². The van der Waals surface area contributed by atoms with E-state index in [1.54, 1.807) is 0 Å². The van der Waals surface area contributed by atoms with Crippen molar-refractivity contribution in [2.45, 2.75) is 163 Å². The van der Waals surface area contributed by atoms with Gasteiger partial charge >= 0.3 is 5.97 Å². The lowest BCUT2D eigenvalue weighted by atomic mass is 9.25. The summed E-state index contributed by atoms with van der Waals surface area (Å²) in [6.07, 6.45) is 21.4. The lowest BCUT2D eigenvalue weighted by Crippen LogP contribution is -2.73. The van der Waals surface area contributed by atoms with Gasteiger partial charge in [0, 0.05) is 17.8 Å². The van der Waals surface area contributed by atoms with E-state index < -0.39 is 17.2 Å². The topological polar surface area (TPSA) is 66.8 Å². The van der Waals surface area contributed by atoms with Crippen molar-refractivity contribution in [2.75, 3.05) is 6.61 Å². The Hall–Kier alpha value is -0.610. The quantitative estimate of drug-likeness (QED) is 0.274. The molecule has 13 atom stereocenters. The summed E-state index contributed by atoms with van der Waals surface area (Å²) in [5.74, 6) is 2.00. The molecule has 2 N–H and O–H groups in total. The molecule has 7 aliphatic rings. The zero-order valence-electron chi connectivity index (χ0n) is 28.6. The van der Waals surface area contributed by atoms with Gasteiger partial charge in [-0.2, -0.15) is 0 Å². The molecule has 244 valence electrons. The second-order valence-electron chi connectivity index (χ2n) is 18.7. The molecule has 13 unspecified atom stereocenters. The maximum absolute atomic E-state index is 12.8. The van der Waals surface area contributed by atoms with Gasteiger partial charge in [-0.15, -0.1) is 0 Å². The van der Waals surface area contributed by atoms with Gasteiger partial charge in [0.15, 0.2) is 5.79 Å². The van der Waals surface area contributed by atoms with Crippen LogP contribution >= 0.6 is 0 Å². The number of ether oxygens (including phenoxy) is 1. The van der Waals surface area contributed by atoms with Gasteiger partial charge in [0.2, 0.25) is 0 Å². The Labute approximate surface area is 262 Å². The minimum Gasteiger partial charge on any atom is -0.481 e. The van der Waals surface area contributed by atoms with Crippen LogP contribution < -0.4 is 0 Å². The fraction of sp³-hybridized carbons (Fsp3) is 0.974. The van der Waals surface area contributed by atoms with Gasteiger partial charge < -0.3 is 14.9 Å². The normalized spacial score (nSPS) is 56.5. The lowest BCUT2D eigenvalue weighted by molar-refractivity contribution is -0.315. The average Bonchev–Trinajstić information content (AvgIpc) is 3.13. The maximum Gasteiger partial charge on any atom is 0.309 e. The summed E-state index contributed by atoms with van der Waals surface area (Å²) in [5, 5.41) is 22.5. The summed E-state index contributed by atoms with van der Waals surface area (Å²) in [6, 6.07) is 0. The molecule has 1 heterocycles. The van der Waals surface area contributed by atoms with Crippen LogP contribution in [0.15, 0.2) is 0 Å². The summed E-state index contributed by atoms with van der Waals surface area (Å²) in [7, 11) is 0. The van der Waals surface area contributed by atoms with Crippen molar-refractivity contribution in [3.05, 3.63) is 0 Å². The number of fused-ring (bicyclic) bond motifs is 5. The molecule has 0 aromatic heterocycles. The predicted octanol–water partition coefficient (Wildman–Crippen LogP) is 9.63. The number of aliphatic hydroxyl groups is 1. The van der Waals surface area contributed by atoms with E-state index in [2.05, 4.69) is 41.5 Å². The van der Waals surface area contributed by atoms with E-state index in [1.807, 2.05) is 0 Å². The highest BCUT2D eigenvalue weighted by Gasteiger charge is 2.79. The Morgan fingerprint density at radius 1 is 0.837 bits per heavy atom. The molecule has 1 aliphatic heterocycles. The first-order valence-corrected chi connectivity index (χ1v) is 18.9. The van der Waals surface area contributed by atoms with Crippen LogP contribution in [-0.2, 0) is 9.53 Å². The number of carboxylic acids is 1. The first kappa shape index (κ1) is 31.0. The average molecular weight is 597 g/mol. The fourth-order valence-corrected chi connectivity index (χ4v) is 15.4. The minimum absolute atomic E-state index is 0.144. The van der Waals surface area contributed by atoms with Crippen molar-refractivity contribution in [1.29, 1.82) is 0 Å². The number of hydrogen-bond donors (Lipinski definition) is 2. The summed E-state index contributed by atoms with van der Waals surface area (Å²) in [5.41, 5.74) is 0.611. The highest BCUT2D eigenvalue weighted by atomic mass is 16.6. The van der Waals surface area contributed by atoms with Gasteiger partial charge in [-0.05, 0) is 135 Å². The monoisotopic (exact) mass is 596 g/mol. The molecular weight excluding hydrogens is 532 g/mol. The molecule has 0 aromatic rings. The summed E-state index contributed by atoms with van der Waals surface area (Å²) in [4.78, 5) is 12.8. The zero-order valence-corrected chi connectivity index (χ0v) is 28.6.